The number of morpholine rings is 1. The lowest BCUT2D eigenvalue weighted by atomic mass is 10.1. The fourth-order valence-electron chi connectivity index (χ4n) is 2.95. The van der Waals surface area contributed by atoms with E-state index in [1.165, 1.54) is 11.8 Å². The second-order valence-corrected chi connectivity index (χ2v) is 6.09. The van der Waals surface area contributed by atoms with Gasteiger partial charge in [0, 0.05) is 18.8 Å². The van der Waals surface area contributed by atoms with E-state index >= 15 is 0 Å². The molecule has 0 atom stereocenters. The van der Waals surface area contributed by atoms with Crippen LogP contribution in [0.2, 0.25) is 0 Å². The number of amides is 1. The Balaban J connectivity index is 1.73. The third-order valence-electron chi connectivity index (χ3n) is 4.12. The monoisotopic (exact) mass is 326 g/mol. The Kier molecular flexibility index (Phi) is 4.76. The van der Waals surface area contributed by atoms with Crippen molar-refractivity contribution in [3.05, 3.63) is 46.9 Å². The molecule has 3 rings (SSSR count). The van der Waals surface area contributed by atoms with E-state index in [-0.39, 0.29) is 5.91 Å². The van der Waals surface area contributed by atoms with Crippen LogP contribution in [-0.2, 0) is 4.74 Å². The molecule has 1 aliphatic rings. The van der Waals surface area contributed by atoms with Crippen LogP contribution in [0.3, 0.4) is 0 Å². The van der Waals surface area contributed by atoms with E-state index in [9.17, 15) is 4.79 Å². The lowest BCUT2D eigenvalue weighted by molar-refractivity contribution is 0.102. The number of carbonyl (C=O) groups excluding carboxylic acids is 1. The van der Waals surface area contributed by atoms with Gasteiger partial charge in [-0.2, -0.15) is 0 Å². The summed E-state index contributed by atoms with van der Waals surface area (Å²) in [6.07, 6.45) is 3.17. The zero-order valence-corrected chi connectivity index (χ0v) is 14.3. The Hall–Kier alpha value is -2.47. The van der Waals surface area contributed by atoms with Gasteiger partial charge < -0.3 is 15.0 Å². The summed E-state index contributed by atoms with van der Waals surface area (Å²) in [5.74, 6) is 0.531. The van der Waals surface area contributed by atoms with E-state index in [4.69, 9.17) is 4.74 Å². The number of hydrogen-bond donors (Lipinski definition) is 1. The van der Waals surface area contributed by atoms with Crippen molar-refractivity contribution in [3.63, 3.8) is 0 Å². The number of aromatic nitrogens is 2. The van der Waals surface area contributed by atoms with Crippen molar-refractivity contribution in [3.8, 4) is 0 Å². The quantitative estimate of drug-likeness (QED) is 0.938. The summed E-state index contributed by atoms with van der Waals surface area (Å²) in [5.41, 5.74) is 4.41. The number of carbonyl (C=O) groups is 1. The molecule has 126 valence electrons. The van der Waals surface area contributed by atoms with Crippen LogP contribution in [0.25, 0.3) is 0 Å². The normalized spacial score (nSPS) is 14.5. The number of hydrogen-bond acceptors (Lipinski definition) is 5. The molecule has 1 aliphatic heterocycles. The Morgan fingerprint density at radius 1 is 1.08 bits per heavy atom. The van der Waals surface area contributed by atoms with Gasteiger partial charge in [-0.25, -0.2) is 9.97 Å². The first-order valence-corrected chi connectivity index (χ1v) is 8.08. The molecule has 1 saturated heterocycles. The number of anilines is 2. The van der Waals surface area contributed by atoms with E-state index < -0.39 is 0 Å². The van der Waals surface area contributed by atoms with Crippen LogP contribution in [0.5, 0.6) is 0 Å². The van der Waals surface area contributed by atoms with E-state index in [0.717, 1.165) is 35.7 Å². The topological polar surface area (TPSA) is 67.4 Å². The van der Waals surface area contributed by atoms with Crippen LogP contribution in [-0.4, -0.2) is 42.2 Å². The molecular formula is C18H22N4O2. The van der Waals surface area contributed by atoms with Crippen LogP contribution in [0.4, 0.5) is 11.5 Å². The molecule has 0 saturated carbocycles. The Morgan fingerprint density at radius 2 is 1.75 bits per heavy atom. The van der Waals surface area contributed by atoms with Gasteiger partial charge in [-0.05, 0) is 31.9 Å². The molecule has 24 heavy (non-hydrogen) atoms. The first-order chi connectivity index (χ1) is 11.5. The summed E-state index contributed by atoms with van der Waals surface area (Å²) >= 11 is 0. The molecule has 0 bridgehead atoms. The largest absolute Gasteiger partial charge is 0.378 e. The highest BCUT2D eigenvalue weighted by molar-refractivity contribution is 6.03. The molecule has 1 aromatic carbocycles. The molecule has 0 aliphatic carbocycles. The van der Waals surface area contributed by atoms with Gasteiger partial charge in [-0.15, -0.1) is 0 Å². The molecular weight excluding hydrogens is 304 g/mol. The summed E-state index contributed by atoms with van der Waals surface area (Å²) < 4.78 is 5.33. The van der Waals surface area contributed by atoms with E-state index in [0.29, 0.717) is 18.9 Å². The van der Waals surface area contributed by atoms with Gasteiger partial charge in [0.15, 0.2) is 0 Å². The maximum absolute atomic E-state index is 12.4. The number of rotatable bonds is 3. The van der Waals surface area contributed by atoms with Gasteiger partial charge in [0.1, 0.15) is 11.5 Å². The van der Waals surface area contributed by atoms with Crippen LogP contribution in [0, 0.1) is 20.8 Å². The molecule has 1 N–H and O–H groups in total. The molecule has 1 fully saturated rings. The summed E-state index contributed by atoms with van der Waals surface area (Å²) in [6, 6.07) is 4.10. The van der Waals surface area contributed by atoms with Crippen LogP contribution in [0.15, 0.2) is 24.5 Å². The van der Waals surface area contributed by atoms with E-state index in [1.54, 1.807) is 6.20 Å². The van der Waals surface area contributed by atoms with Gasteiger partial charge in [0.25, 0.3) is 5.91 Å². The highest BCUT2D eigenvalue weighted by Gasteiger charge is 2.15. The minimum Gasteiger partial charge on any atom is -0.378 e. The zero-order valence-electron chi connectivity index (χ0n) is 14.3. The molecule has 6 nitrogen and oxygen atoms in total. The number of ether oxygens (including phenoxy) is 1. The Labute approximate surface area is 141 Å². The highest BCUT2D eigenvalue weighted by Crippen LogP contribution is 2.22. The van der Waals surface area contributed by atoms with Crippen molar-refractivity contribution in [2.24, 2.45) is 0 Å². The van der Waals surface area contributed by atoms with Crippen LogP contribution in [0.1, 0.15) is 27.2 Å². The smallest absolute Gasteiger partial charge is 0.275 e. The summed E-state index contributed by atoms with van der Waals surface area (Å²) in [6.45, 7) is 8.99. The van der Waals surface area contributed by atoms with Gasteiger partial charge >= 0.3 is 0 Å². The fraction of sp³-hybridized carbons (Fsp3) is 0.389. The maximum Gasteiger partial charge on any atom is 0.275 e. The standard InChI is InChI=1S/C18H22N4O2/c1-12-8-13(2)17(14(3)9-12)21-18(23)15-10-20-16(11-19-15)22-4-6-24-7-5-22/h8-11H,4-7H2,1-3H3,(H,21,23). The third kappa shape index (κ3) is 3.54. The number of nitrogens with one attached hydrogen (secondary N) is 1. The lowest BCUT2D eigenvalue weighted by Crippen LogP contribution is -2.36. The summed E-state index contributed by atoms with van der Waals surface area (Å²) in [7, 11) is 0. The first-order valence-electron chi connectivity index (χ1n) is 8.08. The minimum atomic E-state index is -0.244. The molecule has 1 amide bonds. The molecule has 2 heterocycles. The van der Waals surface area contributed by atoms with Gasteiger partial charge in [-0.3, -0.25) is 4.79 Å². The number of aryl methyl sites for hydroxylation is 3. The zero-order chi connectivity index (χ0) is 17.1. The number of nitrogens with zero attached hydrogens (tertiary/aromatic N) is 3. The molecule has 0 spiro atoms. The average Bonchev–Trinajstić information content (AvgIpc) is 2.59. The lowest BCUT2D eigenvalue weighted by Gasteiger charge is -2.27. The van der Waals surface area contributed by atoms with Crippen molar-refractivity contribution in [1.82, 2.24) is 9.97 Å². The number of benzene rings is 1. The molecule has 6 heteroatoms. The maximum atomic E-state index is 12.4. The summed E-state index contributed by atoms with van der Waals surface area (Å²) in [5, 5.41) is 2.95. The van der Waals surface area contributed by atoms with Crippen LogP contribution < -0.4 is 10.2 Å². The van der Waals surface area contributed by atoms with Crippen molar-refractivity contribution >= 4 is 17.4 Å². The van der Waals surface area contributed by atoms with Crippen LogP contribution >= 0.6 is 0 Å². The third-order valence-corrected chi connectivity index (χ3v) is 4.12. The van der Waals surface area contributed by atoms with Gasteiger partial charge in [-0.1, -0.05) is 17.7 Å². The Bertz CT molecular complexity index is 714. The Morgan fingerprint density at radius 3 is 2.33 bits per heavy atom. The minimum absolute atomic E-state index is 0.244. The predicted molar refractivity (Wildman–Crippen MR) is 93.7 cm³/mol. The van der Waals surface area contributed by atoms with Crippen molar-refractivity contribution in [2.75, 3.05) is 36.5 Å². The second kappa shape index (κ2) is 6.97. The fourth-order valence-corrected chi connectivity index (χ4v) is 2.95. The van der Waals surface area contributed by atoms with Gasteiger partial charge in [0.2, 0.25) is 0 Å². The molecule has 1 aromatic heterocycles. The van der Waals surface area contributed by atoms with Gasteiger partial charge in [0.05, 0.1) is 25.6 Å². The van der Waals surface area contributed by atoms with Crippen molar-refractivity contribution in [2.45, 2.75) is 20.8 Å². The molecule has 2 aromatic rings. The van der Waals surface area contributed by atoms with Crippen molar-refractivity contribution in [1.29, 1.82) is 0 Å². The molecule has 0 unspecified atom stereocenters. The summed E-state index contributed by atoms with van der Waals surface area (Å²) in [4.78, 5) is 23.2. The SMILES string of the molecule is Cc1cc(C)c(NC(=O)c2cnc(N3CCOCC3)cn2)c(C)c1. The average molecular weight is 326 g/mol. The second-order valence-electron chi connectivity index (χ2n) is 6.09. The predicted octanol–water partition coefficient (Wildman–Crippen LogP) is 2.49. The highest BCUT2D eigenvalue weighted by atomic mass is 16.5. The molecule has 0 radical (unpaired) electrons. The van der Waals surface area contributed by atoms with E-state index in [2.05, 4.69) is 32.3 Å². The van der Waals surface area contributed by atoms with Crippen molar-refractivity contribution < 1.29 is 9.53 Å². The first kappa shape index (κ1) is 16.4. The van der Waals surface area contributed by atoms with E-state index in [1.807, 2.05) is 20.8 Å².